The normalized spacial score (nSPS) is 20.1. The Balaban J connectivity index is 1.57. The van der Waals surface area contributed by atoms with E-state index in [1.165, 1.54) is 11.4 Å². The largest absolute Gasteiger partial charge is 0.334 e. The monoisotopic (exact) mass is 323 g/mol. The number of rotatable bonds is 3. The maximum Gasteiger partial charge on any atom is 0.259 e. The molecule has 1 aliphatic carbocycles. The molecule has 3 heterocycles. The zero-order valence-electron chi connectivity index (χ0n) is 14.2. The number of fused-ring (bicyclic) bond motifs is 1. The Morgan fingerprint density at radius 2 is 2.04 bits per heavy atom. The summed E-state index contributed by atoms with van der Waals surface area (Å²) in [6, 6.07) is 1.99. The van der Waals surface area contributed by atoms with Crippen LogP contribution in [0.25, 0.3) is 11.5 Å². The molecule has 0 bridgehead atoms. The fraction of sp³-hybridized carbons (Fsp3) is 0.444. The van der Waals surface area contributed by atoms with Crippen LogP contribution in [-0.2, 0) is 19.4 Å². The molecule has 0 amide bonds. The minimum atomic E-state index is 0.511. The number of imidazole rings is 1. The first-order valence-electron chi connectivity index (χ1n) is 8.37. The van der Waals surface area contributed by atoms with Crippen molar-refractivity contribution in [3.05, 3.63) is 47.6 Å². The predicted octanol–water partition coefficient (Wildman–Crippen LogP) is 3.06. The van der Waals surface area contributed by atoms with Gasteiger partial charge in [-0.1, -0.05) is 19.0 Å². The van der Waals surface area contributed by atoms with Crippen LogP contribution in [0, 0.1) is 18.8 Å². The molecule has 3 aromatic heterocycles. The van der Waals surface area contributed by atoms with E-state index in [2.05, 4.69) is 38.5 Å². The van der Waals surface area contributed by atoms with Crippen molar-refractivity contribution >= 4 is 0 Å². The summed E-state index contributed by atoms with van der Waals surface area (Å²) in [5, 5.41) is 4.12. The lowest BCUT2D eigenvalue weighted by Crippen LogP contribution is -2.22. The Morgan fingerprint density at radius 1 is 1.21 bits per heavy atom. The summed E-state index contributed by atoms with van der Waals surface area (Å²) in [7, 11) is 0. The molecule has 0 unspecified atom stereocenters. The summed E-state index contributed by atoms with van der Waals surface area (Å²) < 4.78 is 7.56. The Morgan fingerprint density at radius 3 is 2.88 bits per heavy atom. The van der Waals surface area contributed by atoms with Gasteiger partial charge in [-0.3, -0.25) is 4.98 Å². The second-order valence-electron chi connectivity index (χ2n) is 6.90. The molecule has 124 valence electrons. The minimum absolute atomic E-state index is 0.511. The van der Waals surface area contributed by atoms with Gasteiger partial charge in [0.15, 0.2) is 5.82 Å². The molecular formula is C18H21N5O. The average Bonchev–Trinajstić information content (AvgIpc) is 3.17. The molecule has 0 saturated heterocycles. The molecule has 3 aromatic rings. The van der Waals surface area contributed by atoms with E-state index in [0.717, 1.165) is 24.0 Å². The van der Waals surface area contributed by atoms with E-state index in [4.69, 9.17) is 4.52 Å². The van der Waals surface area contributed by atoms with E-state index in [1.807, 2.05) is 19.3 Å². The van der Waals surface area contributed by atoms with E-state index in [0.29, 0.717) is 30.1 Å². The second-order valence-corrected chi connectivity index (χ2v) is 6.90. The zero-order valence-corrected chi connectivity index (χ0v) is 14.2. The summed E-state index contributed by atoms with van der Waals surface area (Å²) in [5.41, 5.74) is 4.44. The molecule has 0 N–H and O–H groups in total. The first-order valence-corrected chi connectivity index (χ1v) is 8.37. The third-order valence-electron chi connectivity index (χ3n) is 4.94. The van der Waals surface area contributed by atoms with Gasteiger partial charge in [0, 0.05) is 18.1 Å². The highest BCUT2D eigenvalue weighted by atomic mass is 16.5. The Labute approximate surface area is 141 Å². The van der Waals surface area contributed by atoms with Crippen LogP contribution in [0.1, 0.15) is 36.6 Å². The topological polar surface area (TPSA) is 69.6 Å². The van der Waals surface area contributed by atoms with Crippen LogP contribution in [0.5, 0.6) is 0 Å². The van der Waals surface area contributed by atoms with Gasteiger partial charge in [0.1, 0.15) is 0 Å². The van der Waals surface area contributed by atoms with Crippen LogP contribution in [0.2, 0.25) is 0 Å². The number of hydrogen-bond acceptors (Lipinski definition) is 5. The summed E-state index contributed by atoms with van der Waals surface area (Å²) in [4.78, 5) is 13.3. The van der Waals surface area contributed by atoms with E-state index < -0.39 is 0 Å². The first-order chi connectivity index (χ1) is 11.6. The lowest BCUT2D eigenvalue weighted by atomic mass is 9.82. The number of hydrogen-bond donors (Lipinski definition) is 0. The smallest absolute Gasteiger partial charge is 0.259 e. The van der Waals surface area contributed by atoms with E-state index >= 15 is 0 Å². The number of pyridine rings is 1. The van der Waals surface area contributed by atoms with Crippen molar-refractivity contribution in [2.24, 2.45) is 11.8 Å². The van der Waals surface area contributed by atoms with E-state index in [9.17, 15) is 0 Å². The van der Waals surface area contributed by atoms with Crippen LogP contribution in [0.3, 0.4) is 0 Å². The summed E-state index contributed by atoms with van der Waals surface area (Å²) >= 11 is 0. The standard InChI is InChI=1S/C18H21N5O/c1-11-4-14(8-19-7-11)18-21-17(22-24-18)9-23-10-20-15-5-12(2)13(3)6-16(15)23/h4,7-8,10,12-13H,5-6,9H2,1-3H3/t12-,13+/m0/s1. The Kier molecular flexibility index (Phi) is 3.67. The molecular weight excluding hydrogens is 302 g/mol. The molecule has 6 nitrogen and oxygen atoms in total. The van der Waals surface area contributed by atoms with Crippen molar-refractivity contribution in [1.29, 1.82) is 0 Å². The van der Waals surface area contributed by atoms with Gasteiger partial charge in [-0.2, -0.15) is 4.98 Å². The van der Waals surface area contributed by atoms with E-state index in [1.54, 1.807) is 12.4 Å². The van der Waals surface area contributed by atoms with Gasteiger partial charge < -0.3 is 9.09 Å². The third kappa shape index (κ3) is 2.72. The van der Waals surface area contributed by atoms with Gasteiger partial charge in [-0.25, -0.2) is 4.98 Å². The molecule has 0 aromatic carbocycles. The molecule has 0 radical (unpaired) electrons. The highest BCUT2D eigenvalue weighted by molar-refractivity contribution is 5.51. The van der Waals surface area contributed by atoms with Crippen molar-refractivity contribution in [2.75, 3.05) is 0 Å². The summed E-state index contributed by atoms with van der Waals surface area (Å²) in [6.07, 6.45) is 7.56. The Hall–Kier alpha value is -2.50. The average molecular weight is 323 g/mol. The Bertz CT molecular complexity index is 866. The SMILES string of the molecule is Cc1cncc(-c2nc(Cn3cnc4c3C[C@@H](C)[C@@H](C)C4)no2)c1. The fourth-order valence-corrected chi connectivity index (χ4v) is 3.26. The maximum absolute atomic E-state index is 5.40. The second kappa shape index (κ2) is 5.85. The van der Waals surface area contributed by atoms with Crippen molar-refractivity contribution in [2.45, 2.75) is 40.2 Å². The quantitative estimate of drug-likeness (QED) is 0.741. The van der Waals surface area contributed by atoms with Crippen molar-refractivity contribution < 1.29 is 4.52 Å². The highest BCUT2D eigenvalue weighted by Crippen LogP contribution is 2.29. The lowest BCUT2D eigenvalue weighted by Gasteiger charge is -2.25. The third-order valence-corrected chi connectivity index (χ3v) is 4.94. The number of aromatic nitrogens is 5. The minimum Gasteiger partial charge on any atom is -0.334 e. The number of aryl methyl sites for hydroxylation is 1. The van der Waals surface area contributed by atoms with Crippen molar-refractivity contribution in [1.82, 2.24) is 24.7 Å². The van der Waals surface area contributed by atoms with Crippen molar-refractivity contribution in [3.8, 4) is 11.5 Å². The molecule has 0 fully saturated rings. The van der Waals surface area contributed by atoms with E-state index in [-0.39, 0.29) is 0 Å². The molecule has 0 aliphatic heterocycles. The predicted molar refractivity (Wildman–Crippen MR) is 89.3 cm³/mol. The van der Waals surface area contributed by atoms with Gasteiger partial charge in [0.25, 0.3) is 5.89 Å². The fourth-order valence-electron chi connectivity index (χ4n) is 3.26. The van der Waals surface area contributed by atoms with Gasteiger partial charge >= 0.3 is 0 Å². The molecule has 0 saturated carbocycles. The van der Waals surface area contributed by atoms with Gasteiger partial charge in [0.05, 0.1) is 24.1 Å². The summed E-state index contributed by atoms with van der Waals surface area (Å²) in [6.45, 7) is 7.19. The molecule has 6 heteroatoms. The molecule has 24 heavy (non-hydrogen) atoms. The summed E-state index contributed by atoms with van der Waals surface area (Å²) in [5.74, 6) is 2.54. The lowest BCUT2D eigenvalue weighted by molar-refractivity contribution is 0.349. The molecule has 0 spiro atoms. The van der Waals surface area contributed by atoms with Crippen LogP contribution >= 0.6 is 0 Å². The van der Waals surface area contributed by atoms with Crippen LogP contribution in [0.4, 0.5) is 0 Å². The van der Waals surface area contributed by atoms with Crippen LogP contribution in [-0.4, -0.2) is 24.7 Å². The zero-order chi connectivity index (χ0) is 16.7. The van der Waals surface area contributed by atoms with Gasteiger partial charge in [0.2, 0.25) is 0 Å². The van der Waals surface area contributed by atoms with Crippen molar-refractivity contribution in [3.63, 3.8) is 0 Å². The molecule has 1 aliphatic rings. The molecule has 2 atom stereocenters. The maximum atomic E-state index is 5.40. The highest BCUT2D eigenvalue weighted by Gasteiger charge is 2.26. The number of nitrogens with zero attached hydrogens (tertiary/aromatic N) is 5. The molecule has 4 rings (SSSR count). The van der Waals surface area contributed by atoms with Gasteiger partial charge in [-0.05, 0) is 43.2 Å². The first kappa shape index (κ1) is 15.1. The van der Waals surface area contributed by atoms with Gasteiger partial charge in [-0.15, -0.1) is 0 Å². The van der Waals surface area contributed by atoms with Crippen LogP contribution < -0.4 is 0 Å². The van der Waals surface area contributed by atoms with Crippen LogP contribution in [0.15, 0.2) is 29.3 Å².